The van der Waals surface area contributed by atoms with E-state index in [2.05, 4.69) is 15.5 Å². The lowest BCUT2D eigenvalue weighted by molar-refractivity contribution is 0.127. The van der Waals surface area contributed by atoms with Crippen LogP contribution in [-0.2, 0) is 0 Å². The summed E-state index contributed by atoms with van der Waals surface area (Å²) in [5, 5.41) is 24.9. The molecule has 6 nitrogen and oxygen atoms in total. The zero-order valence-corrected chi connectivity index (χ0v) is 15.3. The molecule has 0 fully saturated rings. The van der Waals surface area contributed by atoms with Crippen LogP contribution in [0.1, 0.15) is 0 Å². The Bertz CT molecular complexity index is 1020. The first-order valence-corrected chi connectivity index (χ1v) is 9.55. The lowest BCUT2D eigenvalue weighted by Crippen LogP contribution is -2.20. The van der Waals surface area contributed by atoms with Crippen LogP contribution in [0.4, 0.5) is 0 Å². The van der Waals surface area contributed by atoms with Gasteiger partial charge in [0, 0.05) is 11.1 Å². The standard InChI is InChI=1S/C20H18N4O2S/c25-17(13-26-19-12-6-8-15-7-4-5-11-18(15)19)14-27-20-21-22-23-24(20)16-9-2-1-3-10-16/h1-12,17,25H,13-14H2/t17-/m1/s1. The number of hydrogen-bond acceptors (Lipinski definition) is 6. The molecular weight excluding hydrogens is 360 g/mol. The van der Waals surface area contributed by atoms with Gasteiger partial charge in [0.05, 0.1) is 11.8 Å². The van der Waals surface area contributed by atoms with Crippen molar-refractivity contribution in [2.45, 2.75) is 11.3 Å². The minimum atomic E-state index is -0.644. The molecule has 4 aromatic rings. The Hall–Kier alpha value is -2.90. The number of aliphatic hydroxyl groups excluding tert-OH is 1. The maximum Gasteiger partial charge on any atom is 0.214 e. The number of tetrazole rings is 1. The topological polar surface area (TPSA) is 73.1 Å². The van der Waals surface area contributed by atoms with Gasteiger partial charge in [-0.3, -0.25) is 0 Å². The molecule has 0 radical (unpaired) electrons. The van der Waals surface area contributed by atoms with E-state index in [0.717, 1.165) is 22.2 Å². The second-order valence-electron chi connectivity index (χ2n) is 5.96. The van der Waals surface area contributed by atoms with Crippen molar-refractivity contribution in [2.24, 2.45) is 0 Å². The van der Waals surface area contributed by atoms with Crippen LogP contribution in [0.3, 0.4) is 0 Å². The molecule has 136 valence electrons. The number of ether oxygens (including phenoxy) is 1. The molecule has 3 aromatic carbocycles. The first-order valence-electron chi connectivity index (χ1n) is 8.56. The van der Waals surface area contributed by atoms with Crippen LogP contribution in [0.15, 0.2) is 78.0 Å². The molecule has 1 N–H and O–H groups in total. The third-order valence-electron chi connectivity index (χ3n) is 4.03. The maximum atomic E-state index is 10.3. The Morgan fingerprint density at radius 3 is 2.63 bits per heavy atom. The highest BCUT2D eigenvalue weighted by atomic mass is 32.2. The van der Waals surface area contributed by atoms with Gasteiger partial charge in [-0.25, -0.2) is 0 Å². The summed E-state index contributed by atoms with van der Waals surface area (Å²) < 4.78 is 7.50. The van der Waals surface area contributed by atoms with Gasteiger partial charge in [-0.05, 0) is 34.0 Å². The molecule has 27 heavy (non-hydrogen) atoms. The first-order chi connectivity index (χ1) is 13.3. The van der Waals surface area contributed by atoms with Crippen LogP contribution < -0.4 is 4.74 Å². The SMILES string of the molecule is O[C@H](COc1cccc2ccccc12)CSc1nnnn1-c1ccccc1. The summed E-state index contributed by atoms with van der Waals surface area (Å²) in [7, 11) is 0. The first kappa shape index (κ1) is 17.5. The highest BCUT2D eigenvalue weighted by molar-refractivity contribution is 7.99. The van der Waals surface area contributed by atoms with Crippen LogP contribution in [0.2, 0.25) is 0 Å². The average Bonchev–Trinajstić information content (AvgIpc) is 3.20. The lowest BCUT2D eigenvalue weighted by Gasteiger charge is -2.13. The molecule has 0 spiro atoms. The lowest BCUT2D eigenvalue weighted by atomic mass is 10.1. The summed E-state index contributed by atoms with van der Waals surface area (Å²) in [4.78, 5) is 0. The molecule has 0 bridgehead atoms. The van der Waals surface area contributed by atoms with Crippen molar-refractivity contribution in [1.82, 2.24) is 20.2 Å². The number of thioether (sulfide) groups is 1. The quantitative estimate of drug-likeness (QED) is 0.497. The molecule has 0 saturated carbocycles. The van der Waals surface area contributed by atoms with Crippen molar-refractivity contribution in [3.63, 3.8) is 0 Å². The van der Waals surface area contributed by atoms with Gasteiger partial charge in [0.25, 0.3) is 0 Å². The molecule has 1 aromatic heterocycles. The molecule has 0 aliphatic carbocycles. The van der Waals surface area contributed by atoms with Crippen molar-refractivity contribution in [3.8, 4) is 11.4 Å². The van der Waals surface area contributed by atoms with E-state index in [4.69, 9.17) is 4.74 Å². The molecule has 0 saturated heterocycles. The third-order valence-corrected chi connectivity index (χ3v) is 5.09. The summed E-state index contributed by atoms with van der Waals surface area (Å²) in [6, 6.07) is 23.6. The highest BCUT2D eigenvalue weighted by Crippen LogP contribution is 2.25. The smallest absolute Gasteiger partial charge is 0.214 e. The Balaban J connectivity index is 1.37. The minimum Gasteiger partial charge on any atom is -0.490 e. The summed E-state index contributed by atoms with van der Waals surface area (Å²) in [6.07, 6.45) is -0.644. The average molecular weight is 378 g/mol. The monoisotopic (exact) mass is 378 g/mol. The predicted octanol–water partition coefficient (Wildman–Crippen LogP) is 3.35. The van der Waals surface area contributed by atoms with Crippen LogP contribution >= 0.6 is 11.8 Å². The van der Waals surface area contributed by atoms with Gasteiger partial charge >= 0.3 is 0 Å². The van der Waals surface area contributed by atoms with E-state index in [1.165, 1.54) is 11.8 Å². The van der Waals surface area contributed by atoms with Gasteiger partial charge in [-0.1, -0.05) is 66.4 Å². The van der Waals surface area contributed by atoms with E-state index >= 15 is 0 Å². The number of aliphatic hydroxyl groups is 1. The van der Waals surface area contributed by atoms with E-state index in [0.29, 0.717) is 10.9 Å². The number of aromatic nitrogens is 4. The number of hydrogen-bond donors (Lipinski definition) is 1. The molecule has 0 unspecified atom stereocenters. The Kier molecular flexibility index (Phi) is 5.32. The number of nitrogens with zero attached hydrogens (tertiary/aromatic N) is 4. The Morgan fingerprint density at radius 1 is 0.963 bits per heavy atom. The largest absolute Gasteiger partial charge is 0.490 e. The van der Waals surface area contributed by atoms with E-state index in [1.54, 1.807) is 4.68 Å². The van der Waals surface area contributed by atoms with Crippen LogP contribution in [-0.4, -0.2) is 43.8 Å². The van der Waals surface area contributed by atoms with Gasteiger partial charge in [-0.15, -0.1) is 5.10 Å². The summed E-state index contributed by atoms with van der Waals surface area (Å²) in [5.74, 6) is 1.20. The van der Waals surface area contributed by atoms with Gasteiger partial charge in [0.1, 0.15) is 12.4 Å². The summed E-state index contributed by atoms with van der Waals surface area (Å²) in [6.45, 7) is 0.202. The second kappa shape index (κ2) is 8.20. The van der Waals surface area contributed by atoms with Crippen LogP contribution in [0, 0.1) is 0 Å². The van der Waals surface area contributed by atoms with Crippen molar-refractivity contribution in [1.29, 1.82) is 0 Å². The van der Waals surface area contributed by atoms with Crippen LogP contribution in [0.25, 0.3) is 16.5 Å². The molecule has 4 rings (SSSR count). The van der Waals surface area contributed by atoms with Gasteiger partial charge < -0.3 is 9.84 Å². The van der Waals surface area contributed by atoms with E-state index in [-0.39, 0.29) is 6.61 Å². The molecule has 7 heteroatoms. The molecule has 0 aliphatic rings. The number of benzene rings is 3. The number of fused-ring (bicyclic) bond motifs is 1. The van der Waals surface area contributed by atoms with Crippen molar-refractivity contribution in [2.75, 3.05) is 12.4 Å². The zero-order chi connectivity index (χ0) is 18.5. The number of rotatable bonds is 7. The number of para-hydroxylation sites is 1. The molecule has 1 heterocycles. The van der Waals surface area contributed by atoms with E-state index < -0.39 is 6.10 Å². The van der Waals surface area contributed by atoms with Crippen molar-refractivity contribution in [3.05, 3.63) is 72.8 Å². The van der Waals surface area contributed by atoms with E-state index in [9.17, 15) is 5.11 Å². The normalized spacial score (nSPS) is 12.2. The van der Waals surface area contributed by atoms with Crippen LogP contribution in [0.5, 0.6) is 5.75 Å². The van der Waals surface area contributed by atoms with E-state index in [1.807, 2.05) is 72.8 Å². The van der Waals surface area contributed by atoms with Crippen molar-refractivity contribution >= 4 is 22.5 Å². The maximum absolute atomic E-state index is 10.3. The summed E-state index contributed by atoms with van der Waals surface area (Å²) >= 11 is 1.39. The van der Waals surface area contributed by atoms with Gasteiger partial charge in [-0.2, -0.15) is 4.68 Å². The Labute approximate surface area is 160 Å². The molecule has 1 atom stereocenters. The third kappa shape index (κ3) is 4.10. The van der Waals surface area contributed by atoms with Gasteiger partial charge in [0.2, 0.25) is 5.16 Å². The fourth-order valence-electron chi connectivity index (χ4n) is 2.73. The second-order valence-corrected chi connectivity index (χ2v) is 6.95. The van der Waals surface area contributed by atoms with Crippen molar-refractivity contribution < 1.29 is 9.84 Å². The molecule has 0 aliphatic heterocycles. The summed E-state index contributed by atoms with van der Waals surface area (Å²) in [5.41, 5.74) is 0.881. The highest BCUT2D eigenvalue weighted by Gasteiger charge is 2.13. The van der Waals surface area contributed by atoms with Gasteiger partial charge in [0.15, 0.2) is 0 Å². The predicted molar refractivity (Wildman–Crippen MR) is 105 cm³/mol. The molecular formula is C20H18N4O2S. The minimum absolute atomic E-state index is 0.202. The Morgan fingerprint density at radius 2 is 1.74 bits per heavy atom. The molecule has 0 amide bonds. The zero-order valence-electron chi connectivity index (χ0n) is 14.5. The fourth-order valence-corrected chi connectivity index (χ4v) is 3.52. The fraction of sp³-hybridized carbons (Fsp3) is 0.150.